The van der Waals surface area contributed by atoms with Gasteiger partial charge in [0.25, 0.3) is 0 Å². The van der Waals surface area contributed by atoms with Gasteiger partial charge in [0.2, 0.25) is 11.8 Å². The highest BCUT2D eigenvalue weighted by Crippen LogP contribution is 2.46. The maximum absolute atomic E-state index is 14.8. The summed E-state index contributed by atoms with van der Waals surface area (Å²) in [7, 11) is 1.61. The highest BCUT2D eigenvalue weighted by molar-refractivity contribution is 6.06. The number of rotatable bonds is 5. The zero-order chi connectivity index (χ0) is 20.5. The summed E-state index contributed by atoms with van der Waals surface area (Å²) in [5, 5.41) is 7.17. The van der Waals surface area contributed by atoms with Crippen LogP contribution in [-0.2, 0) is 0 Å². The largest absolute Gasteiger partial charge is 0.481 e. The number of allylic oxidation sites excluding steroid dienone is 1. The monoisotopic (exact) mass is 399 g/mol. The lowest BCUT2D eigenvalue weighted by Crippen LogP contribution is -2.15. The van der Waals surface area contributed by atoms with E-state index in [0.717, 1.165) is 35.1 Å². The van der Waals surface area contributed by atoms with E-state index in [9.17, 15) is 4.39 Å². The molecule has 0 atom stereocenters. The zero-order valence-electron chi connectivity index (χ0n) is 16.7. The number of pyridine rings is 1. The minimum atomic E-state index is -0.408. The molecule has 2 heterocycles. The molecule has 1 fully saturated rings. The van der Waals surface area contributed by atoms with Gasteiger partial charge >= 0.3 is 0 Å². The van der Waals surface area contributed by atoms with Crippen LogP contribution in [0.4, 0.5) is 4.39 Å². The van der Waals surface area contributed by atoms with E-state index in [1.807, 2.05) is 54.7 Å². The summed E-state index contributed by atoms with van der Waals surface area (Å²) in [6, 6.07) is 19.9. The van der Waals surface area contributed by atoms with Gasteiger partial charge in [-0.2, -0.15) is 9.49 Å². The van der Waals surface area contributed by atoms with Crippen LogP contribution in [0, 0.1) is 11.9 Å². The lowest BCUT2D eigenvalue weighted by molar-refractivity contribution is 0.395. The Kier molecular flexibility index (Phi) is 4.79. The highest BCUT2D eigenvalue weighted by atomic mass is 19.1. The SMILES string of the molecule is COc1ccc(/C(=C(\c2ccccc2)c2cccc3n[nH]c(F)c23)C2CCC2)cn1. The van der Waals surface area contributed by atoms with Crippen LogP contribution >= 0.6 is 0 Å². The van der Waals surface area contributed by atoms with Gasteiger partial charge < -0.3 is 4.74 Å². The number of benzene rings is 2. The number of nitrogens with zero attached hydrogens (tertiary/aromatic N) is 2. The predicted octanol–water partition coefficient (Wildman–Crippen LogP) is 5.86. The van der Waals surface area contributed by atoms with Gasteiger partial charge in [0, 0.05) is 12.3 Å². The molecule has 2 aromatic carbocycles. The maximum Gasteiger partial charge on any atom is 0.217 e. The quantitative estimate of drug-likeness (QED) is 0.457. The minimum Gasteiger partial charge on any atom is -0.481 e. The van der Waals surface area contributed by atoms with E-state index in [1.165, 1.54) is 12.0 Å². The average Bonchev–Trinajstić information content (AvgIpc) is 3.14. The number of hydrogen-bond acceptors (Lipinski definition) is 3. The molecule has 0 saturated heterocycles. The van der Waals surface area contributed by atoms with Crippen molar-refractivity contribution in [1.82, 2.24) is 15.2 Å². The molecule has 0 amide bonds. The second kappa shape index (κ2) is 7.75. The van der Waals surface area contributed by atoms with Gasteiger partial charge in [-0.25, -0.2) is 4.98 Å². The van der Waals surface area contributed by atoms with E-state index in [0.29, 0.717) is 22.7 Å². The molecular weight excluding hydrogens is 377 g/mol. The maximum atomic E-state index is 14.8. The van der Waals surface area contributed by atoms with Crippen molar-refractivity contribution >= 4 is 22.0 Å². The van der Waals surface area contributed by atoms with Crippen LogP contribution in [0.3, 0.4) is 0 Å². The number of aromatic nitrogens is 3. The van der Waals surface area contributed by atoms with Crippen molar-refractivity contribution in [3.8, 4) is 5.88 Å². The number of H-pyrrole nitrogens is 1. The molecule has 4 aromatic rings. The Morgan fingerprint density at radius 2 is 1.83 bits per heavy atom. The topological polar surface area (TPSA) is 50.8 Å². The normalized spacial score (nSPS) is 15.0. The Bertz CT molecular complexity index is 1210. The Hall–Kier alpha value is -3.47. The highest BCUT2D eigenvalue weighted by Gasteiger charge is 2.28. The molecule has 5 rings (SSSR count). The van der Waals surface area contributed by atoms with Crippen molar-refractivity contribution in [3.63, 3.8) is 0 Å². The van der Waals surface area contributed by atoms with E-state index in [1.54, 1.807) is 7.11 Å². The number of ether oxygens (including phenoxy) is 1. The van der Waals surface area contributed by atoms with Gasteiger partial charge in [0.15, 0.2) is 0 Å². The molecule has 0 unspecified atom stereocenters. The number of aromatic amines is 1. The lowest BCUT2D eigenvalue weighted by Gasteiger charge is -2.31. The first-order valence-corrected chi connectivity index (χ1v) is 10.2. The minimum absolute atomic E-state index is 0.403. The van der Waals surface area contributed by atoms with E-state index >= 15 is 0 Å². The first-order valence-electron chi connectivity index (χ1n) is 10.2. The summed E-state index contributed by atoms with van der Waals surface area (Å²) in [6.07, 6.45) is 5.29. The van der Waals surface area contributed by atoms with Crippen molar-refractivity contribution in [2.45, 2.75) is 19.3 Å². The molecule has 1 aliphatic carbocycles. The standard InChI is InChI=1S/C25H22FN3O/c1-30-21-14-13-18(15-27-21)22(16-9-5-10-16)23(17-7-3-2-4-8-17)19-11-6-12-20-24(19)25(26)29-28-20/h2-4,6-8,11-16H,5,9-10H2,1H3,(H,28,29)/b23-22+. The molecule has 30 heavy (non-hydrogen) atoms. The van der Waals surface area contributed by atoms with Crippen LogP contribution in [0.15, 0.2) is 66.9 Å². The summed E-state index contributed by atoms with van der Waals surface area (Å²) in [4.78, 5) is 4.45. The lowest BCUT2D eigenvalue weighted by atomic mass is 9.73. The number of nitrogens with one attached hydrogen (secondary N) is 1. The van der Waals surface area contributed by atoms with Crippen LogP contribution in [0.5, 0.6) is 5.88 Å². The molecule has 0 radical (unpaired) electrons. The van der Waals surface area contributed by atoms with Gasteiger partial charge in [-0.15, -0.1) is 0 Å². The molecule has 1 aliphatic rings. The second-order valence-electron chi connectivity index (χ2n) is 7.61. The molecule has 4 nitrogen and oxygen atoms in total. The summed E-state index contributed by atoms with van der Waals surface area (Å²) < 4.78 is 20.0. The first kappa shape index (κ1) is 18.6. The van der Waals surface area contributed by atoms with Crippen molar-refractivity contribution in [2.75, 3.05) is 7.11 Å². The average molecular weight is 399 g/mol. The number of halogens is 1. The van der Waals surface area contributed by atoms with E-state index < -0.39 is 5.95 Å². The number of hydrogen-bond donors (Lipinski definition) is 1. The van der Waals surface area contributed by atoms with Gasteiger partial charge in [-0.3, -0.25) is 5.10 Å². The third-order valence-corrected chi connectivity index (χ3v) is 5.91. The molecule has 5 heteroatoms. The fraction of sp³-hybridized carbons (Fsp3) is 0.200. The van der Waals surface area contributed by atoms with Crippen molar-refractivity contribution < 1.29 is 9.13 Å². The Balaban J connectivity index is 1.84. The summed E-state index contributed by atoms with van der Waals surface area (Å²) in [5.41, 5.74) is 5.82. The van der Waals surface area contributed by atoms with Gasteiger partial charge in [0.1, 0.15) is 0 Å². The van der Waals surface area contributed by atoms with Crippen molar-refractivity contribution in [1.29, 1.82) is 0 Å². The van der Waals surface area contributed by atoms with Crippen LogP contribution in [0.2, 0.25) is 0 Å². The number of methoxy groups -OCH3 is 1. The number of fused-ring (bicyclic) bond motifs is 1. The van der Waals surface area contributed by atoms with Crippen LogP contribution in [0.25, 0.3) is 22.0 Å². The predicted molar refractivity (Wildman–Crippen MR) is 117 cm³/mol. The smallest absolute Gasteiger partial charge is 0.217 e. The fourth-order valence-electron chi connectivity index (χ4n) is 4.24. The second-order valence-corrected chi connectivity index (χ2v) is 7.61. The van der Waals surface area contributed by atoms with Crippen LogP contribution in [0.1, 0.15) is 36.0 Å². The third-order valence-electron chi connectivity index (χ3n) is 5.91. The van der Waals surface area contributed by atoms with E-state index in [2.05, 4.69) is 27.3 Å². The molecular formula is C25H22FN3O. The van der Waals surface area contributed by atoms with Crippen LogP contribution in [-0.4, -0.2) is 22.3 Å². The summed E-state index contributed by atoms with van der Waals surface area (Å²) in [6.45, 7) is 0. The van der Waals surface area contributed by atoms with Gasteiger partial charge in [0.05, 0.1) is 18.0 Å². The van der Waals surface area contributed by atoms with Gasteiger partial charge in [-0.1, -0.05) is 48.9 Å². The van der Waals surface area contributed by atoms with Gasteiger partial charge in [-0.05, 0) is 58.7 Å². The zero-order valence-corrected chi connectivity index (χ0v) is 16.7. The molecule has 2 aromatic heterocycles. The summed E-state index contributed by atoms with van der Waals surface area (Å²) >= 11 is 0. The van der Waals surface area contributed by atoms with Crippen molar-refractivity contribution in [3.05, 3.63) is 89.5 Å². The first-order chi connectivity index (χ1) is 14.8. The summed E-state index contributed by atoms with van der Waals surface area (Å²) in [5.74, 6) is 0.575. The molecule has 0 spiro atoms. The van der Waals surface area contributed by atoms with E-state index in [4.69, 9.17) is 4.74 Å². The molecule has 150 valence electrons. The fourth-order valence-corrected chi connectivity index (χ4v) is 4.24. The Morgan fingerprint density at radius 3 is 2.50 bits per heavy atom. The molecule has 0 aliphatic heterocycles. The van der Waals surface area contributed by atoms with E-state index in [-0.39, 0.29) is 0 Å². The Labute approximate surface area is 174 Å². The molecule has 1 saturated carbocycles. The molecule has 1 N–H and O–H groups in total. The van der Waals surface area contributed by atoms with Crippen LogP contribution < -0.4 is 4.74 Å². The third kappa shape index (κ3) is 3.16. The van der Waals surface area contributed by atoms with Crippen molar-refractivity contribution in [2.24, 2.45) is 5.92 Å². The Morgan fingerprint density at radius 1 is 1.00 bits per heavy atom. The molecule has 0 bridgehead atoms.